The van der Waals surface area contributed by atoms with E-state index in [1.54, 1.807) is 35.7 Å². The van der Waals surface area contributed by atoms with Gasteiger partial charge in [-0.25, -0.2) is 4.98 Å². The summed E-state index contributed by atoms with van der Waals surface area (Å²) in [5.41, 5.74) is 1.47. The lowest BCUT2D eigenvalue weighted by Gasteiger charge is -2.02. The van der Waals surface area contributed by atoms with Gasteiger partial charge in [-0.1, -0.05) is 6.07 Å². The van der Waals surface area contributed by atoms with E-state index < -0.39 is 0 Å². The van der Waals surface area contributed by atoms with Crippen LogP contribution in [0.1, 0.15) is 21.2 Å². The Bertz CT molecular complexity index is 495. The zero-order valence-corrected chi connectivity index (χ0v) is 10.3. The minimum absolute atomic E-state index is 0.141. The van der Waals surface area contributed by atoms with Gasteiger partial charge in [0, 0.05) is 24.5 Å². The van der Waals surface area contributed by atoms with E-state index >= 15 is 0 Å². The standard InChI is InChI=1S/C12H13N3OS/c1-9-15-10(8-17-9)5-7-14-12(16)11-4-2-3-6-13-11/h2-4,6,8H,5,7H2,1H3,(H,14,16). The second-order valence-corrected chi connectivity index (χ2v) is 4.64. The number of aryl methyl sites for hydroxylation is 1. The fraction of sp³-hybridized carbons (Fsp3) is 0.250. The molecule has 0 aliphatic heterocycles. The number of hydrogen-bond donors (Lipinski definition) is 1. The lowest BCUT2D eigenvalue weighted by Crippen LogP contribution is -2.26. The van der Waals surface area contributed by atoms with E-state index in [1.807, 2.05) is 12.3 Å². The fourth-order valence-corrected chi connectivity index (χ4v) is 2.06. The topological polar surface area (TPSA) is 54.9 Å². The maximum atomic E-state index is 11.6. The Balaban J connectivity index is 1.81. The van der Waals surface area contributed by atoms with Crippen molar-refractivity contribution in [3.8, 4) is 0 Å². The molecule has 0 unspecified atom stereocenters. The predicted octanol–water partition coefficient (Wildman–Crippen LogP) is 1.82. The summed E-state index contributed by atoms with van der Waals surface area (Å²) >= 11 is 1.62. The summed E-state index contributed by atoms with van der Waals surface area (Å²) in [5, 5.41) is 5.89. The van der Waals surface area contributed by atoms with Crippen LogP contribution in [0.2, 0.25) is 0 Å². The minimum Gasteiger partial charge on any atom is -0.350 e. The van der Waals surface area contributed by atoms with Gasteiger partial charge >= 0.3 is 0 Å². The Morgan fingerprint density at radius 3 is 3.00 bits per heavy atom. The molecule has 0 atom stereocenters. The minimum atomic E-state index is -0.141. The molecule has 1 N–H and O–H groups in total. The molecule has 0 saturated heterocycles. The van der Waals surface area contributed by atoms with Crippen LogP contribution in [0.5, 0.6) is 0 Å². The van der Waals surface area contributed by atoms with Gasteiger partial charge in [-0.05, 0) is 19.1 Å². The van der Waals surface area contributed by atoms with Gasteiger partial charge in [-0.3, -0.25) is 9.78 Å². The summed E-state index contributed by atoms with van der Waals surface area (Å²) in [5.74, 6) is -0.141. The van der Waals surface area contributed by atoms with Crippen LogP contribution in [0.25, 0.3) is 0 Å². The average Bonchev–Trinajstić information content (AvgIpc) is 2.76. The van der Waals surface area contributed by atoms with Gasteiger partial charge in [-0.2, -0.15) is 0 Å². The van der Waals surface area contributed by atoms with Crippen molar-refractivity contribution >= 4 is 17.2 Å². The van der Waals surface area contributed by atoms with Crippen LogP contribution >= 0.6 is 11.3 Å². The van der Waals surface area contributed by atoms with Crippen molar-refractivity contribution < 1.29 is 4.79 Å². The van der Waals surface area contributed by atoms with E-state index in [9.17, 15) is 4.79 Å². The monoisotopic (exact) mass is 247 g/mol. The zero-order valence-electron chi connectivity index (χ0n) is 9.51. The number of aromatic nitrogens is 2. The van der Waals surface area contributed by atoms with Gasteiger partial charge in [0.05, 0.1) is 10.7 Å². The second-order valence-electron chi connectivity index (χ2n) is 3.58. The zero-order chi connectivity index (χ0) is 12.1. The molecular weight excluding hydrogens is 234 g/mol. The summed E-state index contributed by atoms with van der Waals surface area (Å²) in [7, 11) is 0. The van der Waals surface area contributed by atoms with E-state index in [0.29, 0.717) is 12.2 Å². The van der Waals surface area contributed by atoms with Crippen molar-refractivity contribution in [1.29, 1.82) is 0 Å². The van der Waals surface area contributed by atoms with Gasteiger partial charge in [0.15, 0.2) is 0 Å². The van der Waals surface area contributed by atoms with Crippen LogP contribution < -0.4 is 5.32 Å². The third-order valence-electron chi connectivity index (χ3n) is 2.23. The Hall–Kier alpha value is -1.75. The Morgan fingerprint density at radius 1 is 1.47 bits per heavy atom. The highest BCUT2D eigenvalue weighted by atomic mass is 32.1. The third kappa shape index (κ3) is 3.35. The van der Waals surface area contributed by atoms with Gasteiger partial charge < -0.3 is 5.32 Å². The average molecular weight is 247 g/mol. The summed E-state index contributed by atoms with van der Waals surface area (Å²) in [6.07, 6.45) is 2.36. The molecule has 0 bridgehead atoms. The smallest absolute Gasteiger partial charge is 0.269 e. The highest BCUT2D eigenvalue weighted by Gasteiger charge is 2.05. The molecule has 17 heavy (non-hydrogen) atoms. The highest BCUT2D eigenvalue weighted by molar-refractivity contribution is 7.09. The van der Waals surface area contributed by atoms with Crippen molar-refractivity contribution in [2.75, 3.05) is 6.54 Å². The van der Waals surface area contributed by atoms with Gasteiger partial charge in [0.2, 0.25) is 0 Å². The first-order valence-electron chi connectivity index (χ1n) is 5.36. The Kier molecular flexibility index (Phi) is 3.82. The van der Waals surface area contributed by atoms with Gasteiger partial charge in [-0.15, -0.1) is 11.3 Å². The number of pyridine rings is 1. The quantitative estimate of drug-likeness (QED) is 0.896. The molecule has 0 spiro atoms. The molecule has 2 heterocycles. The molecule has 0 radical (unpaired) electrons. The maximum Gasteiger partial charge on any atom is 0.269 e. The van der Waals surface area contributed by atoms with Crippen molar-refractivity contribution in [1.82, 2.24) is 15.3 Å². The molecule has 2 aromatic heterocycles. The molecule has 0 fully saturated rings. The largest absolute Gasteiger partial charge is 0.350 e. The third-order valence-corrected chi connectivity index (χ3v) is 3.05. The van der Waals surface area contributed by atoms with Gasteiger partial charge in [0.25, 0.3) is 5.91 Å². The molecule has 0 saturated carbocycles. The van der Waals surface area contributed by atoms with Crippen molar-refractivity contribution in [3.63, 3.8) is 0 Å². The molecule has 2 aromatic rings. The van der Waals surface area contributed by atoms with Gasteiger partial charge in [0.1, 0.15) is 5.69 Å². The summed E-state index contributed by atoms with van der Waals surface area (Å²) in [6.45, 7) is 2.55. The number of amides is 1. The molecule has 4 nitrogen and oxygen atoms in total. The molecule has 2 rings (SSSR count). The first kappa shape index (κ1) is 11.7. The SMILES string of the molecule is Cc1nc(CCNC(=O)c2ccccn2)cs1. The first-order chi connectivity index (χ1) is 8.25. The lowest BCUT2D eigenvalue weighted by molar-refractivity contribution is 0.0949. The normalized spacial score (nSPS) is 10.2. The molecule has 0 aliphatic rings. The number of nitrogens with one attached hydrogen (secondary N) is 1. The number of rotatable bonds is 4. The lowest BCUT2D eigenvalue weighted by atomic mass is 10.3. The number of nitrogens with zero attached hydrogens (tertiary/aromatic N) is 2. The van der Waals surface area contributed by atoms with Crippen LogP contribution in [0.4, 0.5) is 0 Å². The molecule has 88 valence electrons. The summed E-state index contributed by atoms with van der Waals surface area (Å²) in [6, 6.07) is 5.28. The molecule has 5 heteroatoms. The van der Waals surface area contributed by atoms with E-state index in [-0.39, 0.29) is 5.91 Å². The van der Waals surface area contributed by atoms with Crippen LogP contribution in [-0.4, -0.2) is 22.4 Å². The van der Waals surface area contributed by atoms with E-state index in [0.717, 1.165) is 17.1 Å². The van der Waals surface area contributed by atoms with Crippen LogP contribution in [0.15, 0.2) is 29.8 Å². The first-order valence-corrected chi connectivity index (χ1v) is 6.24. The van der Waals surface area contributed by atoms with E-state index in [2.05, 4.69) is 15.3 Å². The number of thiazole rings is 1. The van der Waals surface area contributed by atoms with E-state index in [1.165, 1.54) is 0 Å². The van der Waals surface area contributed by atoms with Crippen molar-refractivity contribution in [3.05, 3.63) is 46.2 Å². The number of carbonyl (C=O) groups is 1. The molecule has 1 amide bonds. The number of carbonyl (C=O) groups excluding carboxylic acids is 1. The Labute approximate surface area is 104 Å². The van der Waals surface area contributed by atoms with Crippen LogP contribution in [-0.2, 0) is 6.42 Å². The molecular formula is C12H13N3OS. The molecule has 0 aliphatic carbocycles. The summed E-state index contributed by atoms with van der Waals surface area (Å²) < 4.78 is 0. The molecule has 0 aromatic carbocycles. The Morgan fingerprint density at radius 2 is 2.35 bits per heavy atom. The maximum absolute atomic E-state index is 11.6. The van der Waals surface area contributed by atoms with Crippen molar-refractivity contribution in [2.45, 2.75) is 13.3 Å². The van der Waals surface area contributed by atoms with Crippen molar-refractivity contribution in [2.24, 2.45) is 0 Å². The summed E-state index contributed by atoms with van der Waals surface area (Å²) in [4.78, 5) is 20.0. The highest BCUT2D eigenvalue weighted by Crippen LogP contribution is 2.07. The number of hydrogen-bond acceptors (Lipinski definition) is 4. The second kappa shape index (κ2) is 5.54. The van der Waals surface area contributed by atoms with Crippen LogP contribution in [0, 0.1) is 6.92 Å². The van der Waals surface area contributed by atoms with Crippen LogP contribution in [0.3, 0.4) is 0 Å². The predicted molar refractivity (Wildman–Crippen MR) is 67.1 cm³/mol. The van der Waals surface area contributed by atoms with E-state index in [4.69, 9.17) is 0 Å². The fourth-order valence-electron chi connectivity index (χ4n) is 1.41.